The first-order valence-corrected chi connectivity index (χ1v) is 9.33. The van der Waals surface area contributed by atoms with Gasteiger partial charge in [0.25, 0.3) is 0 Å². The van der Waals surface area contributed by atoms with Crippen LogP contribution in [0.4, 0.5) is 0 Å². The number of aliphatic hydroxyl groups is 1. The molecule has 1 unspecified atom stereocenters. The third-order valence-corrected chi connectivity index (χ3v) is 4.00. The molecule has 2 aromatic heterocycles. The van der Waals surface area contributed by atoms with Gasteiger partial charge in [-0.05, 0) is 39.0 Å². The van der Waals surface area contributed by atoms with Crippen molar-refractivity contribution in [3.05, 3.63) is 47.5 Å². The molecule has 2 heterocycles. The average Bonchev–Trinajstić information content (AvgIpc) is 3.12. The number of nitrogens with zero attached hydrogens (tertiary/aromatic N) is 2. The van der Waals surface area contributed by atoms with Gasteiger partial charge in [0.15, 0.2) is 5.96 Å². The number of ether oxygens (including phenoxy) is 2. The van der Waals surface area contributed by atoms with Crippen molar-refractivity contribution in [3.63, 3.8) is 0 Å². The molecule has 154 valence electrons. The molecule has 1 atom stereocenters. The summed E-state index contributed by atoms with van der Waals surface area (Å²) in [5.41, 5.74) is -0.295. The van der Waals surface area contributed by atoms with E-state index in [4.69, 9.17) is 13.9 Å². The first-order valence-electron chi connectivity index (χ1n) is 9.33. The van der Waals surface area contributed by atoms with E-state index in [1.165, 1.54) is 0 Å². The molecule has 0 aromatic carbocycles. The standard InChI is InChI=1S/C20H30N4O4/c1-5-21-19(24-14-20(3,25)17-9-8-15(2)28-17)23-13-16-7-6-10-22-18(16)27-12-11-26-4/h6-10,25H,5,11-14H2,1-4H3,(H2,21,23,24). The van der Waals surface area contributed by atoms with Crippen LogP contribution in [0.5, 0.6) is 5.88 Å². The molecule has 0 bridgehead atoms. The van der Waals surface area contributed by atoms with Gasteiger partial charge in [0.05, 0.1) is 19.7 Å². The van der Waals surface area contributed by atoms with Crippen LogP contribution in [0.3, 0.4) is 0 Å². The van der Waals surface area contributed by atoms with Crippen molar-refractivity contribution in [1.29, 1.82) is 0 Å². The van der Waals surface area contributed by atoms with E-state index in [1.54, 1.807) is 26.3 Å². The molecule has 0 aliphatic carbocycles. The smallest absolute Gasteiger partial charge is 0.218 e. The molecule has 3 N–H and O–H groups in total. The van der Waals surface area contributed by atoms with Crippen LogP contribution in [0.1, 0.15) is 30.9 Å². The molecule has 28 heavy (non-hydrogen) atoms. The molecular weight excluding hydrogens is 360 g/mol. The lowest BCUT2D eigenvalue weighted by Crippen LogP contribution is -2.44. The van der Waals surface area contributed by atoms with Crippen molar-refractivity contribution in [2.75, 3.05) is 33.4 Å². The summed E-state index contributed by atoms with van der Waals surface area (Å²) in [4.78, 5) is 8.84. The zero-order chi connectivity index (χ0) is 20.4. The predicted molar refractivity (Wildman–Crippen MR) is 107 cm³/mol. The number of rotatable bonds is 10. The monoisotopic (exact) mass is 390 g/mol. The number of aryl methyl sites for hydroxylation is 1. The second-order valence-electron chi connectivity index (χ2n) is 6.54. The minimum Gasteiger partial charge on any atom is -0.475 e. The topological polar surface area (TPSA) is 101 Å². The minimum atomic E-state index is -1.16. The summed E-state index contributed by atoms with van der Waals surface area (Å²) < 4.78 is 16.2. The number of methoxy groups -OCH3 is 1. The number of aromatic nitrogens is 1. The van der Waals surface area contributed by atoms with Crippen LogP contribution >= 0.6 is 0 Å². The van der Waals surface area contributed by atoms with Gasteiger partial charge in [-0.1, -0.05) is 6.07 Å². The van der Waals surface area contributed by atoms with Crippen LogP contribution in [-0.4, -0.2) is 49.5 Å². The molecule has 0 radical (unpaired) electrons. The van der Waals surface area contributed by atoms with Gasteiger partial charge in [0.2, 0.25) is 5.88 Å². The summed E-state index contributed by atoms with van der Waals surface area (Å²) in [6.45, 7) is 7.76. The van der Waals surface area contributed by atoms with Crippen molar-refractivity contribution in [3.8, 4) is 5.88 Å². The Morgan fingerprint density at radius 1 is 1.29 bits per heavy atom. The number of nitrogens with one attached hydrogen (secondary N) is 2. The second-order valence-corrected chi connectivity index (χ2v) is 6.54. The highest BCUT2D eigenvalue weighted by Crippen LogP contribution is 2.22. The molecule has 0 aliphatic rings. The second kappa shape index (κ2) is 10.7. The van der Waals surface area contributed by atoms with Crippen LogP contribution in [0.25, 0.3) is 0 Å². The molecule has 0 amide bonds. The van der Waals surface area contributed by atoms with Gasteiger partial charge in [-0.3, -0.25) is 0 Å². The third-order valence-electron chi connectivity index (χ3n) is 4.00. The predicted octanol–water partition coefficient (Wildman–Crippen LogP) is 1.97. The fraction of sp³-hybridized carbons (Fsp3) is 0.500. The Balaban J connectivity index is 2.02. The van der Waals surface area contributed by atoms with Gasteiger partial charge >= 0.3 is 0 Å². The summed E-state index contributed by atoms with van der Waals surface area (Å²) in [7, 11) is 1.63. The highest BCUT2D eigenvalue weighted by atomic mass is 16.5. The van der Waals surface area contributed by atoms with Crippen molar-refractivity contribution in [2.45, 2.75) is 32.9 Å². The first kappa shape index (κ1) is 21.7. The van der Waals surface area contributed by atoms with Crippen LogP contribution in [0.15, 0.2) is 39.9 Å². The molecule has 0 saturated carbocycles. The molecule has 0 fully saturated rings. The molecule has 8 heteroatoms. The van der Waals surface area contributed by atoms with E-state index in [0.29, 0.717) is 43.9 Å². The largest absolute Gasteiger partial charge is 0.475 e. The van der Waals surface area contributed by atoms with Gasteiger partial charge in [0, 0.05) is 25.4 Å². The molecule has 0 spiro atoms. The third kappa shape index (κ3) is 6.54. The maximum absolute atomic E-state index is 10.7. The van der Waals surface area contributed by atoms with Crippen molar-refractivity contribution in [1.82, 2.24) is 15.6 Å². The van der Waals surface area contributed by atoms with E-state index < -0.39 is 5.60 Å². The van der Waals surface area contributed by atoms with E-state index in [9.17, 15) is 5.11 Å². The normalized spacial score (nSPS) is 13.8. The number of hydrogen-bond donors (Lipinski definition) is 3. The summed E-state index contributed by atoms with van der Waals surface area (Å²) in [6.07, 6.45) is 1.68. The Kier molecular flexibility index (Phi) is 8.28. The van der Waals surface area contributed by atoms with Gasteiger partial charge < -0.3 is 29.6 Å². The Morgan fingerprint density at radius 2 is 2.11 bits per heavy atom. The molecular formula is C20H30N4O4. The number of hydrogen-bond acceptors (Lipinski definition) is 6. The number of guanidine groups is 1. The van der Waals surface area contributed by atoms with Crippen LogP contribution in [0, 0.1) is 6.92 Å². The Hall–Kier alpha value is -2.58. The maximum Gasteiger partial charge on any atom is 0.218 e. The summed E-state index contributed by atoms with van der Waals surface area (Å²) >= 11 is 0. The zero-order valence-electron chi connectivity index (χ0n) is 17.0. The lowest BCUT2D eigenvalue weighted by molar-refractivity contribution is 0.0378. The van der Waals surface area contributed by atoms with Crippen LogP contribution < -0.4 is 15.4 Å². The Labute approximate surface area is 166 Å². The fourth-order valence-corrected chi connectivity index (χ4v) is 2.47. The highest BCUT2D eigenvalue weighted by Gasteiger charge is 2.27. The lowest BCUT2D eigenvalue weighted by Gasteiger charge is -2.23. The lowest BCUT2D eigenvalue weighted by atomic mass is 10.0. The van der Waals surface area contributed by atoms with Crippen LogP contribution in [0.2, 0.25) is 0 Å². The summed E-state index contributed by atoms with van der Waals surface area (Å²) in [5, 5.41) is 17.0. The van der Waals surface area contributed by atoms with Crippen LogP contribution in [-0.2, 0) is 16.9 Å². The van der Waals surface area contributed by atoms with Crippen molar-refractivity contribution in [2.24, 2.45) is 4.99 Å². The van der Waals surface area contributed by atoms with E-state index in [0.717, 1.165) is 11.3 Å². The molecule has 8 nitrogen and oxygen atoms in total. The zero-order valence-corrected chi connectivity index (χ0v) is 17.0. The van der Waals surface area contributed by atoms with E-state index in [-0.39, 0.29) is 6.54 Å². The van der Waals surface area contributed by atoms with Crippen molar-refractivity contribution >= 4 is 5.96 Å². The maximum atomic E-state index is 10.7. The molecule has 2 rings (SSSR count). The van der Waals surface area contributed by atoms with E-state index in [2.05, 4.69) is 20.6 Å². The first-order chi connectivity index (χ1) is 13.5. The Bertz CT molecular complexity index is 758. The van der Waals surface area contributed by atoms with Crippen molar-refractivity contribution < 1.29 is 19.0 Å². The SMILES string of the molecule is CCNC(=NCc1cccnc1OCCOC)NCC(C)(O)c1ccc(C)o1. The van der Waals surface area contributed by atoms with E-state index in [1.807, 2.05) is 32.0 Å². The molecule has 2 aromatic rings. The van der Waals surface area contributed by atoms with Gasteiger partial charge in [0.1, 0.15) is 23.7 Å². The highest BCUT2D eigenvalue weighted by molar-refractivity contribution is 5.79. The number of aliphatic imine (C=N–C) groups is 1. The Morgan fingerprint density at radius 3 is 2.79 bits per heavy atom. The van der Waals surface area contributed by atoms with E-state index >= 15 is 0 Å². The molecule has 0 aliphatic heterocycles. The van der Waals surface area contributed by atoms with Gasteiger partial charge in [-0.15, -0.1) is 0 Å². The summed E-state index contributed by atoms with van der Waals surface area (Å²) in [6, 6.07) is 7.37. The van der Waals surface area contributed by atoms with Gasteiger partial charge in [-0.25, -0.2) is 9.98 Å². The quantitative estimate of drug-likeness (QED) is 0.324. The minimum absolute atomic E-state index is 0.246. The summed E-state index contributed by atoms with van der Waals surface area (Å²) in [5.74, 6) is 2.39. The number of pyridine rings is 1. The number of furan rings is 1. The average molecular weight is 390 g/mol. The van der Waals surface area contributed by atoms with Gasteiger partial charge in [-0.2, -0.15) is 0 Å². The molecule has 0 saturated heterocycles. The fourth-order valence-electron chi connectivity index (χ4n) is 2.47.